The van der Waals surface area contributed by atoms with Crippen molar-refractivity contribution in [2.45, 2.75) is 10.6 Å². The van der Waals surface area contributed by atoms with E-state index in [4.69, 9.17) is 14.5 Å². The maximum Gasteiger partial charge on any atom is 0.123 e. The first-order valence-corrected chi connectivity index (χ1v) is 9.00. The SMILES string of the molecule is COc1ccc(SCc2csc(-c3cccc(OC)c3)n2)cc1. The zero-order valence-electron chi connectivity index (χ0n) is 13.0. The monoisotopic (exact) mass is 343 g/mol. The molecule has 0 N–H and O–H groups in total. The summed E-state index contributed by atoms with van der Waals surface area (Å²) in [6.07, 6.45) is 0. The van der Waals surface area contributed by atoms with E-state index in [1.165, 1.54) is 4.90 Å². The average molecular weight is 343 g/mol. The Balaban J connectivity index is 1.66. The van der Waals surface area contributed by atoms with Crippen molar-refractivity contribution in [3.05, 3.63) is 59.6 Å². The van der Waals surface area contributed by atoms with Crippen molar-refractivity contribution in [1.82, 2.24) is 4.98 Å². The summed E-state index contributed by atoms with van der Waals surface area (Å²) in [6.45, 7) is 0. The Morgan fingerprint density at radius 1 is 1.00 bits per heavy atom. The van der Waals surface area contributed by atoms with Crippen LogP contribution in [0.15, 0.2) is 58.8 Å². The molecule has 3 nitrogen and oxygen atoms in total. The number of thioether (sulfide) groups is 1. The molecular formula is C18H17NO2S2. The van der Waals surface area contributed by atoms with Crippen LogP contribution in [0.1, 0.15) is 5.69 Å². The van der Waals surface area contributed by atoms with Crippen molar-refractivity contribution in [2.75, 3.05) is 14.2 Å². The molecule has 0 bridgehead atoms. The Bertz CT molecular complexity index is 769. The molecule has 1 aromatic heterocycles. The number of benzene rings is 2. The molecule has 3 aromatic rings. The van der Waals surface area contributed by atoms with E-state index in [1.54, 1.807) is 37.3 Å². The Kier molecular flexibility index (Phi) is 5.20. The summed E-state index contributed by atoms with van der Waals surface area (Å²) < 4.78 is 10.4. The van der Waals surface area contributed by atoms with Crippen LogP contribution >= 0.6 is 23.1 Å². The summed E-state index contributed by atoms with van der Waals surface area (Å²) in [5.41, 5.74) is 2.18. The minimum Gasteiger partial charge on any atom is -0.497 e. The maximum atomic E-state index is 5.27. The number of hydrogen-bond donors (Lipinski definition) is 0. The molecule has 0 aliphatic carbocycles. The molecule has 0 amide bonds. The van der Waals surface area contributed by atoms with Crippen LogP contribution in [0.4, 0.5) is 0 Å². The van der Waals surface area contributed by atoms with E-state index < -0.39 is 0 Å². The molecule has 0 spiro atoms. The Labute approximate surface area is 144 Å². The average Bonchev–Trinajstić information content (AvgIpc) is 3.09. The van der Waals surface area contributed by atoms with E-state index >= 15 is 0 Å². The Morgan fingerprint density at radius 2 is 1.78 bits per heavy atom. The zero-order valence-corrected chi connectivity index (χ0v) is 14.6. The van der Waals surface area contributed by atoms with Crippen LogP contribution in [0.5, 0.6) is 11.5 Å². The van der Waals surface area contributed by atoms with Gasteiger partial charge in [-0.15, -0.1) is 23.1 Å². The second-order valence-corrected chi connectivity index (χ2v) is 6.75. The fourth-order valence-electron chi connectivity index (χ4n) is 2.09. The topological polar surface area (TPSA) is 31.4 Å². The number of rotatable bonds is 6. The Hall–Kier alpha value is -1.98. The minimum absolute atomic E-state index is 0.854. The first-order chi connectivity index (χ1) is 11.3. The van der Waals surface area contributed by atoms with Crippen LogP contribution < -0.4 is 9.47 Å². The predicted octanol–water partition coefficient (Wildman–Crippen LogP) is 5.12. The lowest BCUT2D eigenvalue weighted by Crippen LogP contribution is -1.85. The van der Waals surface area contributed by atoms with Gasteiger partial charge in [-0.05, 0) is 36.4 Å². The molecule has 0 aliphatic heterocycles. The van der Waals surface area contributed by atoms with Crippen molar-refractivity contribution in [1.29, 1.82) is 0 Å². The van der Waals surface area contributed by atoms with Crippen LogP contribution in [0.25, 0.3) is 10.6 Å². The van der Waals surface area contributed by atoms with Crippen molar-refractivity contribution in [3.63, 3.8) is 0 Å². The molecule has 2 aromatic carbocycles. The standard InChI is InChI=1S/C18H17NO2S2/c1-20-15-6-8-17(9-7-15)22-11-14-12-23-18(19-14)13-4-3-5-16(10-13)21-2/h3-10,12H,11H2,1-2H3. The quantitative estimate of drug-likeness (QED) is 0.581. The van der Waals surface area contributed by atoms with Crippen LogP contribution in [0, 0.1) is 0 Å². The highest BCUT2D eigenvalue weighted by molar-refractivity contribution is 7.98. The van der Waals surface area contributed by atoms with Gasteiger partial charge in [-0.2, -0.15) is 0 Å². The molecule has 0 unspecified atom stereocenters. The molecule has 0 fully saturated rings. The van der Waals surface area contributed by atoms with Gasteiger partial charge in [0, 0.05) is 21.6 Å². The third-order valence-corrected chi connectivity index (χ3v) is 5.30. The molecule has 0 saturated heterocycles. The maximum absolute atomic E-state index is 5.27. The number of aromatic nitrogens is 1. The zero-order chi connectivity index (χ0) is 16.1. The van der Waals surface area contributed by atoms with E-state index in [2.05, 4.69) is 23.6 Å². The van der Waals surface area contributed by atoms with Crippen molar-refractivity contribution < 1.29 is 9.47 Å². The third kappa shape index (κ3) is 4.06. The lowest BCUT2D eigenvalue weighted by molar-refractivity contribution is 0.414. The van der Waals surface area contributed by atoms with E-state index in [-0.39, 0.29) is 0 Å². The van der Waals surface area contributed by atoms with Gasteiger partial charge in [0.25, 0.3) is 0 Å². The molecule has 5 heteroatoms. The smallest absolute Gasteiger partial charge is 0.123 e. The first-order valence-electron chi connectivity index (χ1n) is 7.14. The van der Waals surface area contributed by atoms with Crippen molar-refractivity contribution in [3.8, 4) is 22.1 Å². The summed E-state index contributed by atoms with van der Waals surface area (Å²) in [4.78, 5) is 5.93. The van der Waals surface area contributed by atoms with E-state index in [1.807, 2.05) is 30.3 Å². The van der Waals surface area contributed by atoms with Gasteiger partial charge < -0.3 is 9.47 Å². The van der Waals surface area contributed by atoms with Gasteiger partial charge in [0.05, 0.1) is 19.9 Å². The summed E-state index contributed by atoms with van der Waals surface area (Å²) in [5.74, 6) is 2.59. The highest BCUT2D eigenvalue weighted by Gasteiger charge is 2.06. The second kappa shape index (κ2) is 7.53. The molecule has 1 heterocycles. The van der Waals surface area contributed by atoms with Gasteiger partial charge in [0.1, 0.15) is 16.5 Å². The molecule has 23 heavy (non-hydrogen) atoms. The van der Waals surface area contributed by atoms with Gasteiger partial charge in [-0.25, -0.2) is 4.98 Å². The summed E-state index contributed by atoms with van der Waals surface area (Å²) in [6, 6.07) is 16.1. The van der Waals surface area contributed by atoms with Gasteiger partial charge in [0.2, 0.25) is 0 Å². The lowest BCUT2D eigenvalue weighted by atomic mass is 10.2. The number of thiazole rings is 1. The molecular weight excluding hydrogens is 326 g/mol. The Morgan fingerprint density at radius 3 is 2.52 bits per heavy atom. The number of methoxy groups -OCH3 is 2. The van der Waals surface area contributed by atoms with E-state index in [9.17, 15) is 0 Å². The number of nitrogens with zero attached hydrogens (tertiary/aromatic N) is 1. The van der Waals surface area contributed by atoms with E-state index in [0.29, 0.717) is 0 Å². The van der Waals surface area contributed by atoms with Gasteiger partial charge in [-0.3, -0.25) is 0 Å². The largest absolute Gasteiger partial charge is 0.497 e. The van der Waals surface area contributed by atoms with Crippen LogP contribution in [0.2, 0.25) is 0 Å². The molecule has 118 valence electrons. The van der Waals surface area contributed by atoms with Crippen molar-refractivity contribution >= 4 is 23.1 Å². The van der Waals surface area contributed by atoms with Crippen LogP contribution in [-0.2, 0) is 5.75 Å². The highest BCUT2D eigenvalue weighted by Crippen LogP contribution is 2.30. The minimum atomic E-state index is 0.854. The molecule has 0 atom stereocenters. The molecule has 0 radical (unpaired) electrons. The highest BCUT2D eigenvalue weighted by atomic mass is 32.2. The summed E-state index contributed by atoms with van der Waals surface area (Å²) in [5, 5.41) is 3.14. The molecule has 0 aliphatic rings. The van der Waals surface area contributed by atoms with Gasteiger partial charge in [-0.1, -0.05) is 12.1 Å². The van der Waals surface area contributed by atoms with E-state index in [0.717, 1.165) is 33.5 Å². The van der Waals surface area contributed by atoms with Gasteiger partial charge in [0.15, 0.2) is 0 Å². The normalized spacial score (nSPS) is 10.5. The summed E-state index contributed by atoms with van der Waals surface area (Å²) >= 11 is 3.44. The molecule has 3 rings (SSSR count). The second-order valence-electron chi connectivity index (χ2n) is 4.84. The number of hydrogen-bond acceptors (Lipinski definition) is 5. The fraction of sp³-hybridized carbons (Fsp3) is 0.167. The third-order valence-electron chi connectivity index (χ3n) is 3.31. The van der Waals surface area contributed by atoms with Crippen LogP contribution in [-0.4, -0.2) is 19.2 Å². The summed E-state index contributed by atoms with van der Waals surface area (Å²) in [7, 11) is 3.36. The first kappa shape index (κ1) is 15.9. The fourth-order valence-corrected chi connectivity index (χ4v) is 3.80. The molecule has 0 saturated carbocycles. The van der Waals surface area contributed by atoms with Crippen molar-refractivity contribution in [2.24, 2.45) is 0 Å². The van der Waals surface area contributed by atoms with Crippen LogP contribution in [0.3, 0.4) is 0 Å². The number of ether oxygens (including phenoxy) is 2. The lowest BCUT2D eigenvalue weighted by Gasteiger charge is -2.02. The van der Waals surface area contributed by atoms with Gasteiger partial charge >= 0.3 is 0 Å². The predicted molar refractivity (Wildman–Crippen MR) is 96.7 cm³/mol.